The van der Waals surface area contributed by atoms with Gasteiger partial charge in [0.15, 0.2) is 5.78 Å². The highest BCUT2D eigenvalue weighted by Gasteiger charge is 2.31. The van der Waals surface area contributed by atoms with E-state index in [0.717, 1.165) is 32.3 Å². The number of aliphatic hydroxyl groups is 1. The van der Waals surface area contributed by atoms with E-state index in [4.69, 9.17) is 0 Å². The van der Waals surface area contributed by atoms with Crippen molar-refractivity contribution in [3.8, 4) is 11.3 Å². The van der Waals surface area contributed by atoms with Crippen molar-refractivity contribution < 1.29 is 23.1 Å². The van der Waals surface area contributed by atoms with Crippen LogP contribution in [-0.4, -0.2) is 25.6 Å². The number of imidazole rings is 1. The summed E-state index contributed by atoms with van der Waals surface area (Å²) < 4.78 is 41.6. The quantitative estimate of drug-likeness (QED) is 0.187. The van der Waals surface area contributed by atoms with Crippen LogP contribution in [0, 0.1) is 0 Å². The van der Waals surface area contributed by atoms with Crippen LogP contribution in [0.2, 0.25) is 0 Å². The van der Waals surface area contributed by atoms with E-state index in [9.17, 15) is 23.1 Å². The first-order valence-electron chi connectivity index (χ1n) is 9.43. The highest BCUT2D eigenvalue weighted by atomic mass is 79.9. The zero-order valence-electron chi connectivity index (χ0n) is 16.8. The monoisotopic (exact) mass is 646 g/mol. The van der Waals surface area contributed by atoms with Gasteiger partial charge in [0, 0.05) is 26.3 Å². The van der Waals surface area contributed by atoms with Crippen molar-refractivity contribution in [2.24, 2.45) is 0 Å². The average Bonchev–Trinajstić information content (AvgIpc) is 3.17. The molecule has 0 unspecified atom stereocenters. The standard InChI is InChI=1S/C15H10BrF3N2O.C8H6Br2O/c16-11-4-1-9(2-5-11)14-12(8-22)21-7-10(15(17,18)19)3-6-13(21)20-14;9-5-8(11)6-1-3-7(10)4-2-6/h1-7,22H,8H2;1-4H,5H2. The third-order valence-electron chi connectivity index (χ3n) is 4.60. The molecule has 4 rings (SSSR count). The zero-order valence-corrected chi connectivity index (χ0v) is 21.5. The average molecular weight is 649 g/mol. The van der Waals surface area contributed by atoms with E-state index < -0.39 is 18.3 Å². The summed E-state index contributed by atoms with van der Waals surface area (Å²) in [7, 11) is 0. The number of alkyl halides is 4. The van der Waals surface area contributed by atoms with E-state index in [1.54, 1.807) is 24.3 Å². The summed E-state index contributed by atoms with van der Waals surface area (Å²) in [6, 6.07) is 16.8. The maximum absolute atomic E-state index is 12.8. The van der Waals surface area contributed by atoms with Crippen LogP contribution in [0.4, 0.5) is 13.2 Å². The minimum Gasteiger partial charge on any atom is -0.390 e. The van der Waals surface area contributed by atoms with E-state index in [-0.39, 0.29) is 5.78 Å². The summed E-state index contributed by atoms with van der Waals surface area (Å²) in [5, 5.41) is 9.95. The Morgan fingerprint density at radius 2 is 1.52 bits per heavy atom. The molecule has 0 fully saturated rings. The van der Waals surface area contributed by atoms with Gasteiger partial charge in [-0.05, 0) is 36.4 Å². The van der Waals surface area contributed by atoms with Crippen molar-refractivity contribution >= 4 is 59.2 Å². The van der Waals surface area contributed by atoms with Gasteiger partial charge in [-0.3, -0.25) is 4.79 Å². The molecule has 2 heterocycles. The molecule has 1 N–H and O–H groups in total. The Hall–Kier alpha value is -2.01. The van der Waals surface area contributed by atoms with Gasteiger partial charge in [-0.2, -0.15) is 13.2 Å². The lowest BCUT2D eigenvalue weighted by molar-refractivity contribution is -0.137. The molecule has 0 spiro atoms. The highest BCUT2D eigenvalue weighted by Crippen LogP contribution is 2.31. The fourth-order valence-electron chi connectivity index (χ4n) is 2.96. The zero-order chi connectivity index (χ0) is 24.2. The Morgan fingerprint density at radius 1 is 0.939 bits per heavy atom. The number of carbonyl (C=O) groups is 1. The topological polar surface area (TPSA) is 54.6 Å². The van der Waals surface area contributed by atoms with Crippen LogP contribution in [0.1, 0.15) is 21.6 Å². The second-order valence-electron chi connectivity index (χ2n) is 6.78. The molecule has 0 amide bonds. The third-order valence-corrected chi connectivity index (χ3v) is 6.17. The molecule has 2 aromatic heterocycles. The molecule has 0 saturated heterocycles. The van der Waals surface area contributed by atoms with Gasteiger partial charge in [0.25, 0.3) is 0 Å². The van der Waals surface area contributed by atoms with Gasteiger partial charge < -0.3 is 9.51 Å². The van der Waals surface area contributed by atoms with Gasteiger partial charge >= 0.3 is 6.18 Å². The Kier molecular flexibility index (Phi) is 8.49. The molecule has 0 aliphatic carbocycles. The summed E-state index contributed by atoms with van der Waals surface area (Å²) in [5.74, 6) is 0.109. The number of carbonyl (C=O) groups excluding carboxylic acids is 1. The summed E-state index contributed by atoms with van der Waals surface area (Å²) in [5.41, 5.74) is 1.83. The number of aromatic nitrogens is 2. The molecule has 0 radical (unpaired) electrons. The summed E-state index contributed by atoms with van der Waals surface area (Å²) >= 11 is 9.72. The van der Waals surface area contributed by atoms with Crippen molar-refractivity contribution in [2.75, 3.05) is 5.33 Å². The van der Waals surface area contributed by atoms with Gasteiger partial charge in [0.05, 0.1) is 28.9 Å². The lowest BCUT2D eigenvalue weighted by Crippen LogP contribution is -2.07. The molecule has 33 heavy (non-hydrogen) atoms. The van der Waals surface area contributed by atoms with Crippen LogP contribution < -0.4 is 0 Å². The predicted molar refractivity (Wildman–Crippen MR) is 132 cm³/mol. The predicted octanol–water partition coefficient (Wildman–Crippen LogP) is 7.30. The number of nitrogens with zero attached hydrogens (tertiary/aromatic N) is 2. The van der Waals surface area contributed by atoms with Gasteiger partial charge in [-0.25, -0.2) is 4.98 Å². The van der Waals surface area contributed by atoms with Crippen molar-refractivity contribution in [2.45, 2.75) is 12.8 Å². The maximum Gasteiger partial charge on any atom is 0.417 e. The minimum atomic E-state index is -4.44. The molecule has 2 aromatic carbocycles. The van der Waals surface area contributed by atoms with Gasteiger partial charge in [0.2, 0.25) is 0 Å². The summed E-state index contributed by atoms with van der Waals surface area (Å²) in [4.78, 5) is 15.4. The summed E-state index contributed by atoms with van der Waals surface area (Å²) in [6.45, 7) is -0.409. The van der Waals surface area contributed by atoms with Crippen molar-refractivity contribution in [3.05, 3.63) is 92.6 Å². The maximum atomic E-state index is 12.8. The number of halogens is 6. The molecule has 0 aliphatic rings. The number of hydrogen-bond donors (Lipinski definition) is 1. The largest absolute Gasteiger partial charge is 0.417 e. The molecule has 172 valence electrons. The first-order chi connectivity index (χ1) is 15.6. The molecular weight excluding hydrogens is 633 g/mol. The molecule has 4 aromatic rings. The molecular formula is C23H16Br3F3N2O2. The van der Waals surface area contributed by atoms with Crippen LogP contribution >= 0.6 is 47.8 Å². The lowest BCUT2D eigenvalue weighted by atomic mass is 10.1. The normalized spacial score (nSPS) is 11.2. The third kappa shape index (κ3) is 6.32. The van der Waals surface area contributed by atoms with E-state index in [1.807, 2.05) is 24.3 Å². The second kappa shape index (κ2) is 10.9. The Morgan fingerprint density at radius 3 is 2.03 bits per heavy atom. The number of pyridine rings is 1. The van der Waals surface area contributed by atoms with Gasteiger partial charge in [0.1, 0.15) is 5.65 Å². The van der Waals surface area contributed by atoms with E-state index in [2.05, 4.69) is 52.8 Å². The number of hydrogen-bond acceptors (Lipinski definition) is 3. The Labute approximate surface area is 212 Å². The van der Waals surface area contributed by atoms with Crippen molar-refractivity contribution in [3.63, 3.8) is 0 Å². The lowest BCUT2D eigenvalue weighted by Gasteiger charge is -2.08. The SMILES string of the molecule is O=C(CBr)c1ccc(Br)cc1.OCc1c(-c2ccc(Br)cc2)nc2ccc(C(F)(F)F)cn12. The number of benzene rings is 2. The molecule has 4 nitrogen and oxygen atoms in total. The van der Waals surface area contributed by atoms with Crippen LogP contribution in [0.5, 0.6) is 0 Å². The van der Waals surface area contributed by atoms with Gasteiger partial charge in [-0.1, -0.05) is 72.1 Å². The van der Waals surface area contributed by atoms with Gasteiger partial charge in [-0.15, -0.1) is 0 Å². The van der Waals surface area contributed by atoms with Crippen LogP contribution in [-0.2, 0) is 12.8 Å². The highest BCUT2D eigenvalue weighted by molar-refractivity contribution is 9.10. The second-order valence-corrected chi connectivity index (χ2v) is 9.17. The minimum absolute atomic E-state index is 0.109. The Bertz CT molecular complexity index is 1260. The van der Waals surface area contributed by atoms with E-state index in [1.165, 1.54) is 10.5 Å². The van der Waals surface area contributed by atoms with Crippen molar-refractivity contribution in [1.82, 2.24) is 9.38 Å². The first kappa shape index (κ1) is 25.6. The number of ketones is 1. The van der Waals surface area contributed by atoms with Crippen LogP contribution in [0.25, 0.3) is 16.9 Å². The molecule has 0 saturated carbocycles. The smallest absolute Gasteiger partial charge is 0.390 e. The molecule has 10 heteroatoms. The van der Waals surface area contributed by atoms with Crippen LogP contribution in [0.15, 0.2) is 75.8 Å². The summed E-state index contributed by atoms with van der Waals surface area (Å²) in [6.07, 6.45) is -3.49. The number of Topliss-reactive ketones (excluding diaryl/α,β-unsaturated/α-hetero) is 1. The number of fused-ring (bicyclic) bond motifs is 1. The Balaban J connectivity index is 0.000000235. The number of aliphatic hydroxyl groups excluding tert-OH is 1. The molecule has 0 bridgehead atoms. The number of rotatable bonds is 4. The van der Waals surface area contributed by atoms with Crippen molar-refractivity contribution in [1.29, 1.82) is 0 Å². The fraction of sp³-hybridized carbons (Fsp3) is 0.130. The van der Waals surface area contributed by atoms with Crippen LogP contribution in [0.3, 0.4) is 0 Å². The molecule has 0 atom stereocenters. The first-order valence-corrected chi connectivity index (χ1v) is 12.1. The van der Waals surface area contributed by atoms with E-state index >= 15 is 0 Å². The molecule has 0 aliphatic heterocycles. The van der Waals surface area contributed by atoms with E-state index in [0.29, 0.717) is 22.4 Å². The fourth-order valence-corrected chi connectivity index (χ4v) is 3.82.